The molecule has 0 aliphatic heterocycles. The van der Waals surface area contributed by atoms with Gasteiger partial charge in [0.05, 0.1) is 12.0 Å². The minimum atomic E-state index is -0.0949. The fourth-order valence-electron chi connectivity index (χ4n) is 0.578. The molecule has 0 spiro atoms. The van der Waals surface area contributed by atoms with Crippen LogP contribution in [0.1, 0.15) is 20.3 Å². The maximum atomic E-state index is 9.93. The first-order valence-electron chi connectivity index (χ1n) is 3.05. The molecule has 0 aliphatic rings. The third kappa shape index (κ3) is 2.86. The van der Waals surface area contributed by atoms with Crippen LogP contribution in [0.3, 0.4) is 0 Å². The molecule has 0 fully saturated rings. The Morgan fingerprint density at radius 3 is 2.33 bits per heavy atom. The van der Waals surface area contributed by atoms with E-state index in [1.165, 1.54) is 0 Å². The van der Waals surface area contributed by atoms with Crippen LogP contribution in [-0.2, 0) is 4.79 Å². The average molecular weight is 125 g/mol. The van der Waals surface area contributed by atoms with E-state index in [1.807, 2.05) is 13.8 Å². The molecule has 2 heteroatoms. The van der Waals surface area contributed by atoms with Crippen molar-refractivity contribution in [2.75, 3.05) is 0 Å². The van der Waals surface area contributed by atoms with Gasteiger partial charge in [-0.3, -0.25) is 0 Å². The zero-order valence-corrected chi connectivity index (χ0v) is 5.79. The Morgan fingerprint density at radius 2 is 2.22 bits per heavy atom. The second-order valence-electron chi connectivity index (χ2n) is 2.38. The van der Waals surface area contributed by atoms with Crippen molar-refractivity contribution in [3.8, 4) is 6.07 Å². The van der Waals surface area contributed by atoms with Gasteiger partial charge in [-0.2, -0.15) is 5.26 Å². The van der Waals surface area contributed by atoms with E-state index < -0.39 is 0 Å². The van der Waals surface area contributed by atoms with Gasteiger partial charge in [0.25, 0.3) is 0 Å². The second-order valence-corrected chi connectivity index (χ2v) is 2.38. The minimum Gasteiger partial charge on any atom is -0.303 e. The molecule has 0 aromatic heterocycles. The Morgan fingerprint density at radius 1 is 1.67 bits per heavy atom. The van der Waals surface area contributed by atoms with Gasteiger partial charge < -0.3 is 4.79 Å². The standard InChI is InChI=1S/C7H11NO/c1-6(2)7(5-8)3-4-9/h4,6-7H,3H2,1-2H3/t7-/m0/s1. The predicted molar refractivity (Wildman–Crippen MR) is 34.6 cm³/mol. The third-order valence-electron chi connectivity index (χ3n) is 1.32. The van der Waals surface area contributed by atoms with E-state index in [-0.39, 0.29) is 5.92 Å². The zero-order valence-electron chi connectivity index (χ0n) is 5.79. The fourth-order valence-corrected chi connectivity index (χ4v) is 0.578. The highest BCUT2D eigenvalue weighted by atomic mass is 16.1. The number of carbonyl (C=O) groups is 1. The molecule has 9 heavy (non-hydrogen) atoms. The van der Waals surface area contributed by atoms with Gasteiger partial charge in [0, 0.05) is 6.42 Å². The summed E-state index contributed by atoms with van der Waals surface area (Å²) in [6, 6.07) is 2.07. The van der Waals surface area contributed by atoms with Gasteiger partial charge in [0.2, 0.25) is 0 Å². The lowest BCUT2D eigenvalue weighted by molar-refractivity contribution is -0.108. The molecule has 50 valence electrons. The molecule has 0 amide bonds. The Bertz CT molecular complexity index is 123. The number of rotatable bonds is 3. The van der Waals surface area contributed by atoms with Crippen LogP contribution in [0.2, 0.25) is 0 Å². The summed E-state index contributed by atoms with van der Waals surface area (Å²) in [6.45, 7) is 3.88. The lowest BCUT2D eigenvalue weighted by Crippen LogP contribution is -2.05. The van der Waals surface area contributed by atoms with Crippen LogP contribution < -0.4 is 0 Å². The number of nitrogens with zero attached hydrogens (tertiary/aromatic N) is 1. The molecule has 0 bridgehead atoms. The highest BCUT2D eigenvalue weighted by Crippen LogP contribution is 2.11. The van der Waals surface area contributed by atoms with E-state index in [0.717, 1.165) is 6.29 Å². The molecule has 0 saturated heterocycles. The molecule has 0 unspecified atom stereocenters. The van der Waals surface area contributed by atoms with E-state index in [1.54, 1.807) is 0 Å². The first-order chi connectivity index (χ1) is 4.22. The predicted octanol–water partition coefficient (Wildman–Crippen LogP) is 1.37. The lowest BCUT2D eigenvalue weighted by Gasteiger charge is -2.06. The maximum Gasteiger partial charge on any atom is 0.121 e. The summed E-state index contributed by atoms with van der Waals surface area (Å²) in [7, 11) is 0. The SMILES string of the molecule is CC(C)[C@H](C#N)CC=O. The summed E-state index contributed by atoms with van der Waals surface area (Å²) in [5.41, 5.74) is 0. The van der Waals surface area contributed by atoms with Gasteiger partial charge in [-0.15, -0.1) is 0 Å². The first kappa shape index (κ1) is 8.16. The summed E-state index contributed by atoms with van der Waals surface area (Å²) in [4.78, 5) is 9.93. The van der Waals surface area contributed by atoms with Gasteiger partial charge >= 0.3 is 0 Å². The zero-order chi connectivity index (χ0) is 7.28. The average Bonchev–Trinajstić information content (AvgIpc) is 1.82. The summed E-state index contributed by atoms with van der Waals surface area (Å²) < 4.78 is 0. The number of carbonyl (C=O) groups excluding carboxylic acids is 1. The van der Waals surface area contributed by atoms with Gasteiger partial charge in [-0.1, -0.05) is 13.8 Å². The van der Waals surface area contributed by atoms with Gasteiger partial charge in [0.15, 0.2) is 0 Å². The van der Waals surface area contributed by atoms with Crippen LogP contribution in [0, 0.1) is 23.2 Å². The van der Waals surface area contributed by atoms with Gasteiger partial charge in [-0.25, -0.2) is 0 Å². The van der Waals surface area contributed by atoms with Crippen LogP contribution in [0.25, 0.3) is 0 Å². The van der Waals surface area contributed by atoms with E-state index in [2.05, 4.69) is 6.07 Å². The van der Waals surface area contributed by atoms with Crippen molar-refractivity contribution < 1.29 is 4.79 Å². The van der Waals surface area contributed by atoms with E-state index >= 15 is 0 Å². The van der Waals surface area contributed by atoms with Crippen molar-refractivity contribution in [3.63, 3.8) is 0 Å². The molecular formula is C7H11NO. The summed E-state index contributed by atoms with van der Waals surface area (Å²) in [5, 5.41) is 8.42. The molecule has 0 aromatic rings. The monoisotopic (exact) mass is 125 g/mol. The molecule has 0 rings (SSSR count). The molecule has 1 atom stereocenters. The number of hydrogen-bond acceptors (Lipinski definition) is 2. The number of aldehydes is 1. The number of hydrogen-bond donors (Lipinski definition) is 0. The van der Waals surface area contributed by atoms with Crippen LogP contribution in [0.15, 0.2) is 0 Å². The van der Waals surface area contributed by atoms with Gasteiger partial charge in [-0.05, 0) is 5.92 Å². The highest BCUT2D eigenvalue weighted by Gasteiger charge is 2.09. The van der Waals surface area contributed by atoms with Crippen molar-refractivity contribution in [2.45, 2.75) is 20.3 Å². The molecule has 2 nitrogen and oxygen atoms in total. The normalized spacial score (nSPS) is 12.7. The van der Waals surface area contributed by atoms with Crippen LogP contribution in [0.4, 0.5) is 0 Å². The van der Waals surface area contributed by atoms with Gasteiger partial charge in [0.1, 0.15) is 6.29 Å². The molecule has 0 saturated carbocycles. The van der Waals surface area contributed by atoms with Crippen molar-refractivity contribution in [3.05, 3.63) is 0 Å². The summed E-state index contributed by atoms with van der Waals surface area (Å²) >= 11 is 0. The van der Waals surface area contributed by atoms with Crippen molar-refractivity contribution in [1.82, 2.24) is 0 Å². The van der Waals surface area contributed by atoms with Crippen LogP contribution in [0.5, 0.6) is 0 Å². The summed E-state index contributed by atoms with van der Waals surface area (Å²) in [6.07, 6.45) is 1.17. The number of nitriles is 1. The first-order valence-corrected chi connectivity index (χ1v) is 3.05. The summed E-state index contributed by atoms with van der Waals surface area (Å²) in [5.74, 6) is 0.197. The van der Waals surface area contributed by atoms with Crippen molar-refractivity contribution in [1.29, 1.82) is 5.26 Å². The van der Waals surface area contributed by atoms with E-state index in [4.69, 9.17) is 5.26 Å². The minimum absolute atomic E-state index is 0.0949. The highest BCUT2D eigenvalue weighted by molar-refractivity contribution is 5.50. The molecule has 0 heterocycles. The Labute approximate surface area is 55.5 Å². The Hall–Kier alpha value is -0.840. The second kappa shape index (κ2) is 4.08. The topological polar surface area (TPSA) is 40.9 Å². The van der Waals surface area contributed by atoms with Crippen LogP contribution >= 0.6 is 0 Å². The van der Waals surface area contributed by atoms with E-state index in [0.29, 0.717) is 12.3 Å². The molecule has 0 radical (unpaired) electrons. The largest absolute Gasteiger partial charge is 0.303 e. The lowest BCUT2D eigenvalue weighted by atomic mass is 9.95. The fraction of sp³-hybridized carbons (Fsp3) is 0.714. The molecular weight excluding hydrogens is 114 g/mol. The molecule has 0 N–H and O–H groups in total. The van der Waals surface area contributed by atoms with E-state index in [9.17, 15) is 4.79 Å². The quantitative estimate of drug-likeness (QED) is 0.534. The third-order valence-corrected chi connectivity index (χ3v) is 1.32. The molecule has 0 aromatic carbocycles. The Kier molecular flexibility index (Phi) is 3.70. The van der Waals surface area contributed by atoms with Crippen molar-refractivity contribution >= 4 is 6.29 Å². The maximum absolute atomic E-state index is 9.93. The van der Waals surface area contributed by atoms with Crippen LogP contribution in [-0.4, -0.2) is 6.29 Å². The van der Waals surface area contributed by atoms with Crippen molar-refractivity contribution in [2.24, 2.45) is 11.8 Å². The molecule has 0 aliphatic carbocycles. The smallest absolute Gasteiger partial charge is 0.121 e. The Balaban J connectivity index is 3.71.